The van der Waals surface area contributed by atoms with Crippen LogP contribution in [0.4, 0.5) is 0 Å². The predicted molar refractivity (Wildman–Crippen MR) is 82.4 cm³/mol. The first-order valence-electron chi connectivity index (χ1n) is 7.84. The number of hydrogen-bond donors (Lipinski definition) is 1. The second kappa shape index (κ2) is 8.05. The Morgan fingerprint density at radius 1 is 1.30 bits per heavy atom. The number of nitrogens with zero attached hydrogens (tertiary/aromatic N) is 1. The van der Waals surface area contributed by atoms with E-state index in [0.717, 1.165) is 26.1 Å². The molecule has 2 rings (SSSR count). The molecule has 0 saturated carbocycles. The fourth-order valence-electron chi connectivity index (χ4n) is 2.81. The van der Waals surface area contributed by atoms with Crippen molar-refractivity contribution in [2.45, 2.75) is 51.6 Å². The zero-order valence-corrected chi connectivity index (χ0v) is 12.5. The summed E-state index contributed by atoms with van der Waals surface area (Å²) in [6.45, 7) is 4.68. The molecule has 0 spiro atoms. The Morgan fingerprint density at radius 2 is 2.10 bits per heavy atom. The molecule has 3 nitrogen and oxygen atoms in total. The minimum absolute atomic E-state index is 0.281. The van der Waals surface area contributed by atoms with Crippen molar-refractivity contribution in [3.8, 4) is 0 Å². The maximum absolute atomic E-state index is 12.3. The molecule has 1 heterocycles. The van der Waals surface area contributed by atoms with E-state index in [0.29, 0.717) is 12.5 Å². The normalized spacial score (nSPS) is 18.8. The van der Waals surface area contributed by atoms with Crippen LogP contribution in [0.5, 0.6) is 0 Å². The zero-order chi connectivity index (χ0) is 14.2. The van der Waals surface area contributed by atoms with E-state index in [2.05, 4.69) is 24.4 Å². The van der Waals surface area contributed by atoms with Gasteiger partial charge in [0, 0.05) is 25.6 Å². The minimum atomic E-state index is 0.281. The van der Waals surface area contributed by atoms with Gasteiger partial charge in [0.25, 0.3) is 0 Å². The van der Waals surface area contributed by atoms with Crippen molar-refractivity contribution < 1.29 is 4.79 Å². The summed E-state index contributed by atoms with van der Waals surface area (Å²) in [4.78, 5) is 14.3. The average molecular weight is 274 g/mol. The predicted octanol–water partition coefficient (Wildman–Crippen LogP) is 2.96. The number of benzene rings is 1. The number of amides is 1. The van der Waals surface area contributed by atoms with Crippen LogP contribution < -0.4 is 5.32 Å². The number of piperidine rings is 1. The van der Waals surface area contributed by atoms with Crippen LogP contribution in [0.3, 0.4) is 0 Å². The monoisotopic (exact) mass is 274 g/mol. The van der Waals surface area contributed by atoms with Crippen molar-refractivity contribution in [3.05, 3.63) is 35.9 Å². The molecule has 1 N–H and O–H groups in total. The lowest BCUT2D eigenvalue weighted by atomic mass is 10.0. The highest BCUT2D eigenvalue weighted by atomic mass is 16.2. The van der Waals surface area contributed by atoms with Gasteiger partial charge < -0.3 is 10.2 Å². The molecule has 0 aromatic heterocycles. The molecule has 110 valence electrons. The molecule has 20 heavy (non-hydrogen) atoms. The fourth-order valence-corrected chi connectivity index (χ4v) is 2.81. The highest BCUT2D eigenvalue weighted by molar-refractivity contribution is 5.76. The molecule has 0 bridgehead atoms. The number of nitrogens with one attached hydrogen (secondary N) is 1. The van der Waals surface area contributed by atoms with Crippen LogP contribution in [-0.2, 0) is 11.3 Å². The van der Waals surface area contributed by atoms with Crippen LogP contribution in [0, 0.1) is 0 Å². The molecular weight excluding hydrogens is 248 g/mol. The van der Waals surface area contributed by atoms with Gasteiger partial charge >= 0.3 is 0 Å². The van der Waals surface area contributed by atoms with Crippen LogP contribution in [0.25, 0.3) is 0 Å². The Labute approximate surface area is 122 Å². The molecule has 1 aliphatic heterocycles. The molecule has 0 radical (unpaired) electrons. The van der Waals surface area contributed by atoms with Gasteiger partial charge in [-0.2, -0.15) is 0 Å². The van der Waals surface area contributed by atoms with E-state index in [4.69, 9.17) is 0 Å². The van der Waals surface area contributed by atoms with Crippen molar-refractivity contribution in [1.29, 1.82) is 0 Å². The third kappa shape index (κ3) is 4.64. The second-order valence-corrected chi connectivity index (χ2v) is 5.58. The standard InChI is InChI=1S/C17H26N2O/c1-2-19(14-15-8-4-3-5-9-15)17(20)12-11-16-10-6-7-13-18-16/h3-5,8-9,16,18H,2,6-7,10-14H2,1H3. The van der Waals surface area contributed by atoms with Gasteiger partial charge in [-0.15, -0.1) is 0 Å². The molecule has 1 amide bonds. The number of carbonyl (C=O) groups is 1. The van der Waals surface area contributed by atoms with E-state index in [1.165, 1.54) is 24.8 Å². The Hall–Kier alpha value is -1.35. The highest BCUT2D eigenvalue weighted by Crippen LogP contribution is 2.13. The first-order chi connectivity index (χ1) is 9.79. The van der Waals surface area contributed by atoms with Crippen molar-refractivity contribution in [2.24, 2.45) is 0 Å². The van der Waals surface area contributed by atoms with Crippen LogP contribution >= 0.6 is 0 Å². The molecule has 1 saturated heterocycles. The second-order valence-electron chi connectivity index (χ2n) is 5.58. The summed E-state index contributed by atoms with van der Waals surface area (Å²) in [5.74, 6) is 0.281. The molecule has 1 fully saturated rings. The summed E-state index contributed by atoms with van der Waals surface area (Å²) >= 11 is 0. The Balaban J connectivity index is 1.79. The van der Waals surface area contributed by atoms with Crippen molar-refractivity contribution in [3.63, 3.8) is 0 Å². The summed E-state index contributed by atoms with van der Waals surface area (Å²) in [7, 11) is 0. The first kappa shape index (κ1) is 15.0. The summed E-state index contributed by atoms with van der Waals surface area (Å²) in [5, 5.41) is 3.51. The topological polar surface area (TPSA) is 32.3 Å². The van der Waals surface area contributed by atoms with Gasteiger partial charge in [-0.1, -0.05) is 36.8 Å². The van der Waals surface area contributed by atoms with Crippen LogP contribution in [0.2, 0.25) is 0 Å². The van der Waals surface area contributed by atoms with Crippen LogP contribution in [0.1, 0.15) is 44.6 Å². The lowest BCUT2D eigenvalue weighted by molar-refractivity contribution is -0.131. The van der Waals surface area contributed by atoms with Gasteiger partial charge in [0.1, 0.15) is 0 Å². The number of carbonyl (C=O) groups excluding carboxylic acids is 1. The summed E-state index contributed by atoms with van der Waals surface area (Å²) < 4.78 is 0. The molecule has 1 unspecified atom stereocenters. The Kier molecular flexibility index (Phi) is 6.06. The van der Waals surface area contributed by atoms with Crippen LogP contribution in [-0.4, -0.2) is 29.9 Å². The van der Waals surface area contributed by atoms with Gasteiger partial charge in [0.15, 0.2) is 0 Å². The van der Waals surface area contributed by atoms with Gasteiger partial charge in [0.2, 0.25) is 5.91 Å². The zero-order valence-electron chi connectivity index (χ0n) is 12.5. The molecule has 1 atom stereocenters. The first-order valence-corrected chi connectivity index (χ1v) is 7.84. The molecule has 1 aliphatic rings. The molecule has 3 heteroatoms. The maximum atomic E-state index is 12.3. The molecule has 1 aromatic rings. The van der Waals surface area contributed by atoms with Gasteiger partial charge in [0.05, 0.1) is 0 Å². The summed E-state index contributed by atoms with van der Waals surface area (Å²) in [5.41, 5.74) is 1.21. The quantitative estimate of drug-likeness (QED) is 0.865. The van der Waals surface area contributed by atoms with E-state index in [-0.39, 0.29) is 5.91 Å². The Bertz CT molecular complexity index is 399. The third-order valence-corrected chi connectivity index (χ3v) is 4.07. The average Bonchev–Trinajstić information content (AvgIpc) is 2.52. The van der Waals surface area contributed by atoms with E-state index >= 15 is 0 Å². The smallest absolute Gasteiger partial charge is 0.222 e. The number of rotatable bonds is 6. The van der Waals surface area contributed by atoms with Crippen LogP contribution in [0.15, 0.2) is 30.3 Å². The molecule has 1 aromatic carbocycles. The summed E-state index contributed by atoms with van der Waals surface area (Å²) in [6.07, 6.45) is 5.44. The lowest BCUT2D eigenvalue weighted by Gasteiger charge is -2.25. The van der Waals surface area contributed by atoms with E-state index in [1.54, 1.807) is 0 Å². The Morgan fingerprint density at radius 3 is 2.75 bits per heavy atom. The van der Waals surface area contributed by atoms with Crippen molar-refractivity contribution in [2.75, 3.05) is 13.1 Å². The van der Waals surface area contributed by atoms with Gasteiger partial charge in [-0.05, 0) is 38.3 Å². The molecule has 0 aliphatic carbocycles. The van der Waals surface area contributed by atoms with Gasteiger partial charge in [-0.25, -0.2) is 0 Å². The van der Waals surface area contributed by atoms with Crippen molar-refractivity contribution >= 4 is 5.91 Å². The largest absolute Gasteiger partial charge is 0.339 e. The van der Waals surface area contributed by atoms with E-state index < -0.39 is 0 Å². The third-order valence-electron chi connectivity index (χ3n) is 4.07. The SMILES string of the molecule is CCN(Cc1ccccc1)C(=O)CCC1CCCCN1. The maximum Gasteiger partial charge on any atom is 0.222 e. The lowest BCUT2D eigenvalue weighted by Crippen LogP contribution is -2.36. The van der Waals surface area contributed by atoms with Crippen molar-refractivity contribution in [1.82, 2.24) is 10.2 Å². The van der Waals surface area contributed by atoms with Gasteiger partial charge in [-0.3, -0.25) is 4.79 Å². The fraction of sp³-hybridized carbons (Fsp3) is 0.588. The van der Waals surface area contributed by atoms with E-state index in [1.807, 2.05) is 23.1 Å². The highest BCUT2D eigenvalue weighted by Gasteiger charge is 2.17. The summed E-state index contributed by atoms with van der Waals surface area (Å²) in [6, 6.07) is 10.8. The van der Waals surface area contributed by atoms with E-state index in [9.17, 15) is 4.79 Å². The minimum Gasteiger partial charge on any atom is -0.339 e. The molecular formula is C17H26N2O. The number of hydrogen-bond acceptors (Lipinski definition) is 2.